The first-order valence-corrected chi connectivity index (χ1v) is 14.7. The number of nitrogens with zero attached hydrogens (tertiary/aromatic N) is 3. The van der Waals surface area contributed by atoms with Gasteiger partial charge in [0.15, 0.2) is 11.8 Å². The highest BCUT2D eigenvalue weighted by Crippen LogP contribution is 2.36. The molecule has 9 nitrogen and oxygen atoms in total. The molecule has 4 heterocycles. The summed E-state index contributed by atoms with van der Waals surface area (Å²) in [5.41, 5.74) is 1.43. The second-order valence-electron chi connectivity index (χ2n) is 9.69. The van der Waals surface area contributed by atoms with E-state index in [4.69, 9.17) is 25.8 Å². The first kappa shape index (κ1) is 26.1. The summed E-state index contributed by atoms with van der Waals surface area (Å²) in [4.78, 5) is 11.6. The van der Waals surface area contributed by atoms with Crippen molar-refractivity contribution in [1.29, 1.82) is 0 Å². The Hall–Kier alpha value is -3.16. The van der Waals surface area contributed by atoms with Gasteiger partial charge < -0.3 is 24.3 Å². The van der Waals surface area contributed by atoms with Gasteiger partial charge in [-0.25, -0.2) is 18.0 Å². The van der Waals surface area contributed by atoms with Gasteiger partial charge in [-0.1, -0.05) is 23.7 Å². The minimum atomic E-state index is -2.33. The van der Waals surface area contributed by atoms with Crippen LogP contribution in [0.2, 0.25) is 5.02 Å². The Morgan fingerprint density at radius 2 is 1.74 bits per heavy atom. The van der Waals surface area contributed by atoms with Gasteiger partial charge in [-0.05, 0) is 41.5 Å². The number of imidazole rings is 1. The van der Waals surface area contributed by atoms with Crippen LogP contribution in [0.4, 0.5) is 14.5 Å². The van der Waals surface area contributed by atoms with Crippen molar-refractivity contribution in [2.45, 2.75) is 24.4 Å². The number of halogens is 3. The van der Waals surface area contributed by atoms with Crippen LogP contribution in [0.3, 0.4) is 0 Å². The van der Waals surface area contributed by atoms with Gasteiger partial charge in [-0.15, -0.1) is 0 Å². The molecular weight excluding hydrogens is 554 g/mol. The molecule has 2 aliphatic rings. The summed E-state index contributed by atoms with van der Waals surface area (Å²) in [7, 11) is -2.33. The zero-order valence-electron chi connectivity index (χ0n) is 20.7. The summed E-state index contributed by atoms with van der Waals surface area (Å²) in [6, 6.07) is 10.5. The standard InChI is InChI=1S/C26H23ClF2N4O5S/c1-39(2,35)33-14-5-3-12(4-6-14)13-7-16(28)21(17(29)8-13)22-15(27)9-18-25(31-22)32-26(30-18)38-20-11-37-23-19(34)10-36-24(20)23/h3-9,19-20,23-24,34H,10-11H2,1-2H3,(H,30,31,32)/t19-,20-,23-,24-/m1/s1. The van der Waals surface area contributed by atoms with E-state index in [1.54, 1.807) is 24.3 Å². The molecule has 0 radical (unpaired) electrons. The zero-order chi connectivity index (χ0) is 27.5. The molecule has 13 heteroatoms. The normalized spacial score (nSPS) is 22.8. The number of rotatable bonds is 5. The van der Waals surface area contributed by atoms with Crippen molar-refractivity contribution in [1.82, 2.24) is 15.0 Å². The number of ether oxygens (including phenoxy) is 3. The smallest absolute Gasteiger partial charge is 0.296 e. The fourth-order valence-corrected chi connectivity index (χ4v) is 5.63. The molecule has 39 heavy (non-hydrogen) atoms. The van der Waals surface area contributed by atoms with Crippen molar-refractivity contribution in [3.63, 3.8) is 0 Å². The maximum Gasteiger partial charge on any atom is 0.296 e. The van der Waals surface area contributed by atoms with E-state index in [9.17, 15) is 9.32 Å². The number of nitrogens with one attached hydrogen (secondary N) is 1. The van der Waals surface area contributed by atoms with Crippen LogP contribution in [0.15, 0.2) is 46.8 Å². The predicted molar refractivity (Wildman–Crippen MR) is 142 cm³/mol. The summed E-state index contributed by atoms with van der Waals surface area (Å²) in [6.07, 6.45) is 0.923. The molecule has 0 unspecified atom stereocenters. The molecule has 0 saturated carbocycles. The van der Waals surface area contributed by atoms with Crippen molar-refractivity contribution in [3.8, 4) is 28.4 Å². The van der Waals surface area contributed by atoms with Crippen LogP contribution in [-0.2, 0) is 19.2 Å². The average Bonchev–Trinajstić information content (AvgIpc) is 3.55. The highest BCUT2D eigenvalue weighted by molar-refractivity contribution is 7.92. The topological polar surface area (TPSA) is 119 Å². The summed E-state index contributed by atoms with van der Waals surface area (Å²) >= 11 is 6.39. The number of pyridine rings is 1. The van der Waals surface area contributed by atoms with Crippen molar-refractivity contribution in [2.24, 2.45) is 4.36 Å². The van der Waals surface area contributed by atoms with Crippen LogP contribution < -0.4 is 4.74 Å². The molecule has 4 aromatic rings. The minimum Gasteiger partial charge on any atom is -0.456 e. The molecule has 0 spiro atoms. The van der Waals surface area contributed by atoms with Crippen LogP contribution in [0.5, 0.6) is 6.01 Å². The van der Waals surface area contributed by atoms with Gasteiger partial charge in [0, 0.05) is 22.2 Å². The van der Waals surface area contributed by atoms with Crippen LogP contribution in [0.25, 0.3) is 33.5 Å². The number of aliphatic hydroxyl groups excluding tert-OH is 1. The molecule has 2 aromatic carbocycles. The Balaban J connectivity index is 1.29. The van der Waals surface area contributed by atoms with Gasteiger partial charge in [-0.2, -0.15) is 9.35 Å². The fourth-order valence-electron chi connectivity index (χ4n) is 4.75. The molecule has 2 N–H and O–H groups in total. The molecule has 0 aliphatic carbocycles. The van der Waals surface area contributed by atoms with Gasteiger partial charge in [-0.3, -0.25) is 0 Å². The van der Waals surface area contributed by atoms with E-state index in [0.717, 1.165) is 0 Å². The number of benzene rings is 2. The maximum absolute atomic E-state index is 15.3. The number of aliphatic hydroxyl groups is 1. The van der Waals surface area contributed by atoms with Gasteiger partial charge in [0.05, 0.1) is 40.7 Å². The van der Waals surface area contributed by atoms with Crippen molar-refractivity contribution < 1.29 is 32.3 Å². The maximum atomic E-state index is 15.3. The molecule has 2 saturated heterocycles. The highest BCUT2D eigenvalue weighted by atomic mass is 35.5. The summed E-state index contributed by atoms with van der Waals surface area (Å²) in [5, 5.41) is 9.93. The number of hydrogen-bond donors (Lipinski definition) is 2. The van der Waals surface area contributed by atoms with Crippen LogP contribution in [0, 0.1) is 11.6 Å². The van der Waals surface area contributed by atoms with Gasteiger partial charge >= 0.3 is 0 Å². The molecule has 204 valence electrons. The third kappa shape index (κ3) is 5.10. The molecule has 2 aliphatic heterocycles. The van der Waals surface area contributed by atoms with Gasteiger partial charge in [0.25, 0.3) is 6.01 Å². The monoisotopic (exact) mass is 576 g/mol. The lowest BCUT2D eigenvalue weighted by Gasteiger charge is -2.15. The molecular formula is C26H23ClF2N4O5S. The number of fused-ring (bicyclic) bond motifs is 2. The van der Waals surface area contributed by atoms with Crippen LogP contribution in [-0.4, -0.2) is 74.4 Å². The molecule has 6 rings (SSSR count). The van der Waals surface area contributed by atoms with E-state index < -0.39 is 45.8 Å². The highest BCUT2D eigenvalue weighted by Gasteiger charge is 2.48. The molecule has 4 atom stereocenters. The lowest BCUT2D eigenvalue weighted by molar-refractivity contribution is 0.00706. The van der Waals surface area contributed by atoms with Gasteiger partial charge in [0.2, 0.25) is 0 Å². The molecule has 2 aromatic heterocycles. The van der Waals surface area contributed by atoms with E-state index in [-0.39, 0.29) is 41.2 Å². The van der Waals surface area contributed by atoms with E-state index in [2.05, 4.69) is 19.3 Å². The number of H-pyrrole nitrogens is 1. The SMILES string of the molecule is CS(C)(=O)=Nc1ccc(-c2cc(F)c(-c3nc4nc(O[C@@H]5CO[C@H]6[C@@H]5OC[C@H]6O)[nH]c4cc3Cl)c(F)c2)cc1. The molecule has 2 fully saturated rings. The number of aromatic nitrogens is 3. The number of hydrogen-bond acceptors (Lipinski definition) is 8. The Kier molecular flexibility index (Phi) is 6.55. The van der Waals surface area contributed by atoms with Gasteiger partial charge in [0.1, 0.15) is 29.9 Å². The Morgan fingerprint density at radius 1 is 1.05 bits per heavy atom. The van der Waals surface area contributed by atoms with Crippen LogP contribution in [0.1, 0.15) is 0 Å². The molecule has 0 bridgehead atoms. The lowest BCUT2D eigenvalue weighted by Crippen LogP contribution is -2.34. The summed E-state index contributed by atoms with van der Waals surface area (Å²) < 4.78 is 63.6. The second kappa shape index (κ2) is 9.79. The van der Waals surface area contributed by atoms with E-state index in [1.165, 1.54) is 30.7 Å². The van der Waals surface area contributed by atoms with E-state index in [0.29, 0.717) is 22.3 Å². The molecule has 0 amide bonds. The second-order valence-corrected chi connectivity index (χ2v) is 12.6. The first-order chi connectivity index (χ1) is 18.6. The quantitative estimate of drug-likeness (QED) is 0.359. The first-order valence-electron chi connectivity index (χ1n) is 12.0. The summed E-state index contributed by atoms with van der Waals surface area (Å²) in [6.45, 7) is 0.369. The number of aromatic amines is 1. The van der Waals surface area contributed by atoms with Crippen molar-refractivity contribution in [3.05, 3.63) is 59.1 Å². The average molecular weight is 577 g/mol. The van der Waals surface area contributed by atoms with Crippen molar-refractivity contribution >= 4 is 38.2 Å². The van der Waals surface area contributed by atoms with Crippen molar-refractivity contribution in [2.75, 3.05) is 25.7 Å². The van der Waals surface area contributed by atoms with E-state index in [1.807, 2.05) is 0 Å². The fraction of sp³-hybridized carbons (Fsp3) is 0.308. The summed E-state index contributed by atoms with van der Waals surface area (Å²) in [5.74, 6) is -1.70. The lowest BCUT2D eigenvalue weighted by atomic mass is 10.0. The zero-order valence-corrected chi connectivity index (χ0v) is 22.3. The van der Waals surface area contributed by atoms with Crippen LogP contribution >= 0.6 is 11.6 Å². The Bertz CT molecular complexity index is 1680. The third-order valence-electron chi connectivity index (χ3n) is 6.45. The Morgan fingerprint density at radius 3 is 2.44 bits per heavy atom. The largest absolute Gasteiger partial charge is 0.456 e. The minimum absolute atomic E-state index is 0.0171. The predicted octanol–water partition coefficient (Wildman–Crippen LogP) is 4.49. The Labute approximate surface area is 227 Å². The third-order valence-corrected chi connectivity index (χ3v) is 7.39. The van der Waals surface area contributed by atoms with E-state index >= 15 is 8.78 Å².